The van der Waals surface area contributed by atoms with Crippen LogP contribution in [-0.2, 0) is 5.41 Å². The Hall–Kier alpha value is -9.18. The Balaban J connectivity index is 0.917. The van der Waals surface area contributed by atoms with E-state index in [1.807, 2.05) is 0 Å². The van der Waals surface area contributed by atoms with Crippen molar-refractivity contribution in [2.45, 2.75) is 19.3 Å². The summed E-state index contributed by atoms with van der Waals surface area (Å²) in [6.07, 6.45) is 0. The summed E-state index contributed by atoms with van der Waals surface area (Å²) < 4.78 is 4.83. The van der Waals surface area contributed by atoms with Crippen molar-refractivity contribution in [1.29, 1.82) is 0 Å². The molecule has 0 atom stereocenters. The van der Waals surface area contributed by atoms with Gasteiger partial charge in [0.05, 0.1) is 22.1 Å². The van der Waals surface area contributed by atoms with Crippen LogP contribution in [0.3, 0.4) is 0 Å². The van der Waals surface area contributed by atoms with Crippen LogP contribution >= 0.6 is 0 Å². The molecule has 0 amide bonds. The van der Waals surface area contributed by atoms with E-state index in [-0.39, 0.29) is 5.41 Å². The van der Waals surface area contributed by atoms with Crippen molar-refractivity contribution in [1.82, 2.24) is 9.13 Å². The molecule has 0 bridgehead atoms. The summed E-state index contributed by atoms with van der Waals surface area (Å²) in [6, 6.07) is 95.9. The first kappa shape index (κ1) is 41.8. The average molecular weight is 920 g/mol. The van der Waals surface area contributed by atoms with Gasteiger partial charge >= 0.3 is 0 Å². The van der Waals surface area contributed by atoms with Crippen LogP contribution in [0.1, 0.15) is 25.0 Å². The minimum Gasteiger partial charge on any atom is -0.310 e. The van der Waals surface area contributed by atoms with Gasteiger partial charge in [-0.3, -0.25) is 0 Å². The second-order valence-corrected chi connectivity index (χ2v) is 19.8. The number of fused-ring (bicyclic) bond motifs is 9. The van der Waals surface area contributed by atoms with Crippen LogP contribution in [0.25, 0.3) is 99.5 Å². The Kier molecular flexibility index (Phi) is 9.56. The average Bonchev–Trinajstić information content (AvgIpc) is 4.04. The number of nitrogens with zero attached hydrogens (tertiary/aromatic N) is 3. The summed E-state index contributed by atoms with van der Waals surface area (Å²) in [4.78, 5) is 2.45. The summed E-state index contributed by atoms with van der Waals surface area (Å²) in [7, 11) is 0. The fourth-order valence-corrected chi connectivity index (χ4v) is 11.8. The van der Waals surface area contributed by atoms with Crippen molar-refractivity contribution in [3.63, 3.8) is 0 Å². The quantitative estimate of drug-likeness (QED) is 0.148. The van der Waals surface area contributed by atoms with Gasteiger partial charge in [-0.05, 0) is 159 Å². The highest BCUT2D eigenvalue weighted by molar-refractivity contribution is 6.11. The molecule has 0 fully saturated rings. The summed E-state index contributed by atoms with van der Waals surface area (Å²) in [5, 5.41) is 4.99. The van der Waals surface area contributed by atoms with E-state index in [0.717, 1.165) is 22.7 Å². The van der Waals surface area contributed by atoms with E-state index < -0.39 is 0 Å². The number of para-hydroxylation sites is 4. The van der Waals surface area contributed by atoms with Crippen LogP contribution in [-0.4, -0.2) is 9.13 Å². The van der Waals surface area contributed by atoms with Crippen molar-refractivity contribution < 1.29 is 0 Å². The number of aromatic nitrogens is 2. The Morgan fingerprint density at radius 1 is 0.278 bits per heavy atom. The normalized spacial score (nSPS) is 12.7. The molecule has 0 aliphatic heterocycles. The second-order valence-electron chi connectivity index (χ2n) is 19.8. The zero-order valence-corrected chi connectivity index (χ0v) is 40.2. The lowest BCUT2D eigenvalue weighted by Crippen LogP contribution is -2.17. The summed E-state index contributed by atoms with van der Waals surface area (Å²) in [5.41, 5.74) is 22.6. The fourth-order valence-electron chi connectivity index (χ4n) is 11.8. The molecule has 3 nitrogen and oxygen atoms in total. The predicted molar refractivity (Wildman–Crippen MR) is 304 cm³/mol. The van der Waals surface area contributed by atoms with Gasteiger partial charge in [0.2, 0.25) is 0 Å². The minimum atomic E-state index is -0.266. The summed E-state index contributed by atoms with van der Waals surface area (Å²) in [5.74, 6) is 0. The molecule has 0 spiro atoms. The van der Waals surface area contributed by atoms with Gasteiger partial charge in [0, 0.05) is 55.4 Å². The van der Waals surface area contributed by atoms with Crippen LogP contribution < -0.4 is 4.90 Å². The predicted octanol–water partition coefficient (Wildman–Crippen LogP) is 18.7. The van der Waals surface area contributed by atoms with Gasteiger partial charge in [-0.25, -0.2) is 0 Å². The topological polar surface area (TPSA) is 13.1 Å². The number of anilines is 3. The summed E-state index contributed by atoms with van der Waals surface area (Å²) in [6.45, 7) is 4.79. The highest BCUT2D eigenvalue weighted by Gasteiger charge is 2.37. The van der Waals surface area contributed by atoms with Crippen LogP contribution in [0.4, 0.5) is 17.1 Å². The molecule has 2 heterocycles. The van der Waals surface area contributed by atoms with Crippen LogP contribution in [0.15, 0.2) is 261 Å². The van der Waals surface area contributed by atoms with Gasteiger partial charge in [-0.1, -0.05) is 172 Å². The van der Waals surface area contributed by atoms with Crippen LogP contribution in [0.2, 0.25) is 0 Å². The molecule has 1 aliphatic carbocycles. The Morgan fingerprint density at radius 2 is 0.681 bits per heavy atom. The van der Waals surface area contributed by atoms with E-state index in [0.29, 0.717) is 0 Å². The molecule has 13 aromatic rings. The minimum absolute atomic E-state index is 0.266. The van der Waals surface area contributed by atoms with Crippen molar-refractivity contribution in [3.8, 4) is 55.9 Å². The Labute approximate surface area is 419 Å². The molecular weight excluding hydrogens is 871 g/mol. The Bertz CT molecular complexity index is 4110. The standard InChI is InChI=1S/C69H49N3/c1-69(2)63-44-55(34-37-57(63)58-38-35-56(45-64(58)69)72-65-27-15-12-24-59(65)60-25-13-16-28-66(60)72)70(54-36-39-68-62(43-54)61-26-14-17-29-67(61)71(68)52-22-10-5-11-23-52)53-32-30-48(31-33-53)51-41-49(46-18-6-3-7-19-46)40-50(42-51)47-20-8-4-9-21-47/h3-45H,1-2H3. The molecule has 0 unspecified atom stereocenters. The molecule has 3 heteroatoms. The maximum atomic E-state index is 2.45. The van der Waals surface area contributed by atoms with Crippen LogP contribution in [0.5, 0.6) is 0 Å². The maximum Gasteiger partial charge on any atom is 0.0542 e. The highest BCUT2D eigenvalue weighted by Crippen LogP contribution is 2.52. The third kappa shape index (κ3) is 6.66. The van der Waals surface area contributed by atoms with Gasteiger partial charge < -0.3 is 14.0 Å². The molecule has 11 aromatic carbocycles. The molecule has 0 saturated heterocycles. The van der Waals surface area contributed by atoms with E-state index in [4.69, 9.17) is 0 Å². The third-order valence-corrected chi connectivity index (χ3v) is 15.3. The zero-order chi connectivity index (χ0) is 47.9. The van der Waals surface area contributed by atoms with Gasteiger partial charge in [-0.2, -0.15) is 0 Å². The lowest BCUT2D eigenvalue weighted by atomic mass is 9.82. The van der Waals surface area contributed by atoms with Gasteiger partial charge in [0.25, 0.3) is 0 Å². The summed E-state index contributed by atoms with van der Waals surface area (Å²) >= 11 is 0. The number of benzene rings is 11. The van der Waals surface area contributed by atoms with E-state index in [1.165, 1.54) is 105 Å². The van der Waals surface area contributed by atoms with E-state index in [2.05, 4.69) is 289 Å². The smallest absolute Gasteiger partial charge is 0.0542 e. The van der Waals surface area contributed by atoms with Crippen molar-refractivity contribution >= 4 is 60.7 Å². The highest BCUT2D eigenvalue weighted by atomic mass is 15.1. The van der Waals surface area contributed by atoms with Crippen molar-refractivity contribution in [2.75, 3.05) is 4.90 Å². The SMILES string of the molecule is CC1(C)c2cc(N(c3ccc(-c4cc(-c5ccccc5)cc(-c5ccccc5)c4)cc3)c3ccc4c(c3)c3ccccc3n4-c3ccccc3)ccc2-c2ccc(-n3c4ccccc4c4ccccc43)cc21. The Morgan fingerprint density at radius 3 is 1.25 bits per heavy atom. The third-order valence-electron chi connectivity index (χ3n) is 15.3. The molecule has 0 saturated carbocycles. The second kappa shape index (κ2) is 16.5. The molecule has 0 radical (unpaired) electrons. The molecule has 340 valence electrons. The van der Waals surface area contributed by atoms with E-state index in [1.54, 1.807) is 0 Å². The number of hydrogen-bond donors (Lipinski definition) is 0. The number of hydrogen-bond acceptors (Lipinski definition) is 1. The molecule has 72 heavy (non-hydrogen) atoms. The van der Waals surface area contributed by atoms with Gasteiger partial charge in [-0.15, -0.1) is 0 Å². The maximum absolute atomic E-state index is 2.45. The van der Waals surface area contributed by atoms with Crippen molar-refractivity contribution in [2.24, 2.45) is 0 Å². The largest absolute Gasteiger partial charge is 0.310 e. The fraction of sp³-hybridized carbons (Fsp3) is 0.0435. The lowest BCUT2D eigenvalue weighted by molar-refractivity contribution is 0.660. The first-order valence-corrected chi connectivity index (χ1v) is 25.0. The van der Waals surface area contributed by atoms with Crippen molar-refractivity contribution in [3.05, 3.63) is 272 Å². The van der Waals surface area contributed by atoms with Gasteiger partial charge in [0.1, 0.15) is 0 Å². The lowest BCUT2D eigenvalue weighted by Gasteiger charge is -2.28. The molecule has 2 aromatic heterocycles. The number of rotatable bonds is 8. The van der Waals surface area contributed by atoms with Gasteiger partial charge in [0.15, 0.2) is 0 Å². The van der Waals surface area contributed by atoms with Crippen LogP contribution in [0, 0.1) is 0 Å². The molecule has 1 aliphatic rings. The first-order chi connectivity index (χ1) is 35.5. The molecule has 14 rings (SSSR count). The monoisotopic (exact) mass is 919 g/mol. The zero-order valence-electron chi connectivity index (χ0n) is 40.2. The van der Waals surface area contributed by atoms with E-state index in [9.17, 15) is 0 Å². The first-order valence-electron chi connectivity index (χ1n) is 25.0. The van der Waals surface area contributed by atoms with E-state index >= 15 is 0 Å². The molecule has 0 N–H and O–H groups in total. The molecular formula is C69H49N3.